The average molecular weight is 509 g/mol. The lowest BCUT2D eigenvalue weighted by Crippen LogP contribution is -2.37. The highest BCUT2D eigenvalue weighted by Crippen LogP contribution is 2.36. The van der Waals surface area contributed by atoms with Crippen molar-refractivity contribution in [3.63, 3.8) is 0 Å². The van der Waals surface area contributed by atoms with Gasteiger partial charge in [0.1, 0.15) is 11.5 Å². The summed E-state index contributed by atoms with van der Waals surface area (Å²) in [5.74, 6) is 0.565. The Labute approximate surface area is 220 Å². The number of imidazole rings is 1. The van der Waals surface area contributed by atoms with Gasteiger partial charge in [-0.3, -0.25) is 9.20 Å². The predicted molar refractivity (Wildman–Crippen MR) is 144 cm³/mol. The van der Waals surface area contributed by atoms with Gasteiger partial charge in [-0.05, 0) is 50.0 Å². The molecule has 4 aromatic rings. The molecule has 192 valence electrons. The van der Waals surface area contributed by atoms with E-state index in [-0.39, 0.29) is 5.91 Å². The molecule has 38 heavy (non-hydrogen) atoms. The van der Waals surface area contributed by atoms with Crippen molar-refractivity contribution in [1.29, 1.82) is 5.26 Å². The van der Waals surface area contributed by atoms with E-state index in [4.69, 9.17) is 9.72 Å². The summed E-state index contributed by atoms with van der Waals surface area (Å²) in [7, 11) is 4.06. The van der Waals surface area contributed by atoms with Gasteiger partial charge < -0.3 is 25.2 Å². The Balaban J connectivity index is 1.36. The first-order chi connectivity index (χ1) is 18.5. The minimum Gasteiger partial charge on any atom is -0.378 e. The molecule has 2 aliphatic heterocycles. The summed E-state index contributed by atoms with van der Waals surface area (Å²) in [6.07, 6.45) is 3.62. The Kier molecular flexibility index (Phi) is 6.15. The summed E-state index contributed by atoms with van der Waals surface area (Å²) in [6, 6.07) is 13.7. The van der Waals surface area contributed by atoms with Gasteiger partial charge in [-0.1, -0.05) is 6.07 Å². The van der Waals surface area contributed by atoms with E-state index in [9.17, 15) is 10.1 Å². The number of carbonyl (C=O) groups is 1. The van der Waals surface area contributed by atoms with Crippen molar-refractivity contribution >= 4 is 28.7 Å². The van der Waals surface area contributed by atoms with E-state index >= 15 is 0 Å². The van der Waals surface area contributed by atoms with Crippen LogP contribution in [0.25, 0.3) is 16.9 Å². The maximum Gasteiger partial charge on any atom is 0.254 e. The zero-order valence-corrected chi connectivity index (χ0v) is 21.4. The molecule has 1 amide bonds. The fourth-order valence-electron chi connectivity index (χ4n) is 5.15. The van der Waals surface area contributed by atoms with Crippen LogP contribution in [0.2, 0.25) is 0 Å². The zero-order valence-electron chi connectivity index (χ0n) is 21.4. The Hall–Kier alpha value is -4.46. The Bertz CT molecular complexity index is 1580. The van der Waals surface area contributed by atoms with Crippen molar-refractivity contribution in [1.82, 2.24) is 24.6 Å². The summed E-state index contributed by atoms with van der Waals surface area (Å²) >= 11 is 0. The maximum atomic E-state index is 13.0. The van der Waals surface area contributed by atoms with Gasteiger partial charge in [-0.2, -0.15) is 5.26 Å². The molecule has 0 unspecified atom stereocenters. The number of nitriles is 1. The summed E-state index contributed by atoms with van der Waals surface area (Å²) in [5, 5.41) is 15.6. The van der Waals surface area contributed by atoms with Gasteiger partial charge in [-0.25, -0.2) is 9.97 Å². The standard InChI is InChI=1S/C28H28N8O2/c1-34(2)17-22-23(35-9-11-38-12-10-35)5-6-25(33-22)32-21-4-3-19(20-15-31-28(37)27(20)21)24-16-30-26-13-18(14-29)7-8-36(24)26/h3-8,13,16H,9-12,15,17H2,1-2H3,(H,31,37)(H,32,33). The van der Waals surface area contributed by atoms with Crippen LogP contribution < -0.4 is 15.5 Å². The number of fused-ring (bicyclic) bond motifs is 2. The molecule has 10 heteroatoms. The van der Waals surface area contributed by atoms with Crippen molar-refractivity contribution in [2.75, 3.05) is 50.6 Å². The van der Waals surface area contributed by atoms with Crippen molar-refractivity contribution in [3.8, 4) is 17.3 Å². The monoisotopic (exact) mass is 508 g/mol. The van der Waals surface area contributed by atoms with Crippen molar-refractivity contribution in [3.05, 3.63) is 71.2 Å². The van der Waals surface area contributed by atoms with Gasteiger partial charge in [0.15, 0.2) is 0 Å². The normalized spacial score (nSPS) is 15.0. The third-order valence-electron chi connectivity index (χ3n) is 6.91. The second-order valence-corrected chi connectivity index (χ2v) is 9.72. The van der Waals surface area contributed by atoms with Crippen molar-refractivity contribution in [2.24, 2.45) is 0 Å². The summed E-state index contributed by atoms with van der Waals surface area (Å²) in [6.45, 7) is 4.22. The Morgan fingerprint density at radius 1 is 1.18 bits per heavy atom. The Morgan fingerprint density at radius 3 is 2.82 bits per heavy atom. The molecule has 6 rings (SSSR count). The molecule has 3 aromatic heterocycles. The molecule has 5 heterocycles. The number of anilines is 3. The first-order valence-electron chi connectivity index (χ1n) is 12.6. The first-order valence-corrected chi connectivity index (χ1v) is 12.6. The molecule has 1 aromatic carbocycles. The van der Waals surface area contributed by atoms with E-state index in [1.54, 1.807) is 18.3 Å². The molecule has 0 atom stereocenters. The number of nitrogens with zero attached hydrogens (tertiary/aromatic N) is 6. The lowest BCUT2D eigenvalue weighted by Gasteiger charge is -2.31. The van der Waals surface area contributed by atoms with Gasteiger partial charge >= 0.3 is 0 Å². The van der Waals surface area contributed by atoms with Crippen LogP contribution in [0.1, 0.15) is 27.2 Å². The quantitative estimate of drug-likeness (QED) is 0.409. The number of hydrogen-bond donors (Lipinski definition) is 2. The van der Waals surface area contributed by atoms with E-state index in [0.29, 0.717) is 54.6 Å². The molecule has 10 nitrogen and oxygen atoms in total. The molecule has 0 radical (unpaired) electrons. The smallest absolute Gasteiger partial charge is 0.254 e. The molecule has 0 aliphatic carbocycles. The van der Waals surface area contributed by atoms with E-state index in [0.717, 1.165) is 41.3 Å². The van der Waals surface area contributed by atoms with Crippen molar-refractivity contribution < 1.29 is 9.53 Å². The molecular formula is C28H28N8O2. The summed E-state index contributed by atoms with van der Waals surface area (Å²) < 4.78 is 7.46. The van der Waals surface area contributed by atoms with Gasteiger partial charge in [0.2, 0.25) is 0 Å². The number of pyridine rings is 2. The lowest BCUT2D eigenvalue weighted by atomic mass is 9.99. The van der Waals surface area contributed by atoms with Crippen LogP contribution in [0.5, 0.6) is 0 Å². The second-order valence-electron chi connectivity index (χ2n) is 9.72. The largest absolute Gasteiger partial charge is 0.378 e. The topological polar surface area (TPSA) is 111 Å². The lowest BCUT2D eigenvalue weighted by molar-refractivity contribution is 0.0966. The number of aromatic nitrogens is 3. The van der Waals surface area contributed by atoms with Crippen LogP contribution in [0.3, 0.4) is 0 Å². The van der Waals surface area contributed by atoms with Crippen LogP contribution in [0.4, 0.5) is 17.2 Å². The third-order valence-corrected chi connectivity index (χ3v) is 6.91. The van der Waals surface area contributed by atoms with Gasteiger partial charge in [0.05, 0.1) is 59.4 Å². The van der Waals surface area contributed by atoms with Crippen LogP contribution in [-0.2, 0) is 17.8 Å². The summed E-state index contributed by atoms with van der Waals surface area (Å²) in [4.78, 5) is 26.8. The summed E-state index contributed by atoms with van der Waals surface area (Å²) in [5.41, 5.74) is 7.34. The predicted octanol–water partition coefficient (Wildman–Crippen LogP) is 3.15. The van der Waals surface area contributed by atoms with Crippen LogP contribution in [0, 0.1) is 11.3 Å². The number of benzene rings is 1. The highest BCUT2D eigenvalue weighted by Gasteiger charge is 2.27. The van der Waals surface area contributed by atoms with Gasteiger partial charge in [0.25, 0.3) is 5.91 Å². The number of amides is 1. The highest BCUT2D eigenvalue weighted by atomic mass is 16.5. The van der Waals surface area contributed by atoms with Crippen molar-refractivity contribution in [2.45, 2.75) is 13.1 Å². The molecule has 0 bridgehead atoms. The number of hydrogen-bond acceptors (Lipinski definition) is 8. The molecular weight excluding hydrogens is 480 g/mol. The SMILES string of the molecule is CN(C)Cc1nc(Nc2ccc(-c3cnc4cc(C#N)ccn34)c3c2C(=O)NC3)ccc1N1CCOCC1. The number of ether oxygens (including phenoxy) is 1. The minimum atomic E-state index is -0.122. The highest BCUT2D eigenvalue weighted by molar-refractivity contribution is 6.06. The maximum absolute atomic E-state index is 13.0. The number of morpholine rings is 1. The average Bonchev–Trinajstić information content (AvgIpc) is 3.53. The van der Waals surface area contributed by atoms with Gasteiger partial charge in [0, 0.05) is 37.9 Å². The minimum absolute atomic E-state index is 0.122. The molecule has 2 aliphatic rings. The van der Waals surface area contributed by atoms with E-state index in [1.807, 2.05) is 42.9 Å². The van der Waals surface area contributed by atoms with E-state index < -0.39 is 0 Å². The number of nitrogens with one attached hydrogen (secondary N) is 2. The zero-order chi connectivity index (χ0) is 26.2. The van der Waals surface area contributed by atoms with Crippen LogP contribution >= 0.6 is 0 Å². The molecule has 1 fully saturated rings. The molecule has 2 N–H and O–H groups in total. The second kappa shape index (κ2) is 9.78. The number of rotatable bonds is 6. The van der Waals surface area contributed by atoms with E-state index in [1.165, 1.54) is 0 Å². The third kappa shape index (κ3) is 4.32. The van der Waals surface area contributed by atoms with Crippen LogP contribution in [-0.4, -0.2) is 65.6 Å². The fraction of sp³-hybridized carbons (Fsp3) is 0.286. The molecule has 1 saturated heterocycles. The fourth-order valence-corrected chi connectivity index (χ4v) is 5.15. The molecule has 0 spiro atoms. The van der Waals surface area contributed by atoms with E-state index in [2.05, 4.69) is 37.6 Å². The number of carbonyl (C=O) groups excluding carboxylic acids is 1. The Morgan fingerprint density at radius 2 is 2.03 bits per heavy atom. The van der Waals surface area contributed by atoms with Crippen LogP contribution in [0.15, 0.2) is 48.8 Å². The molecule has 0 saturated carbocycles. The first kappa shape index (κ1) is 23.9. The van der Waals surface area contributed by atoms with Gasteiger partial charge in [-0.15, -0.1) is 0 Å².